The van der Waals surface area contributed by atoms with Gasteiger partial charge in [-0.25, -0.2) is 0 Å². The van der Waals surface area contributed by atoms with E-state index >= 15 is 0 Å². The number of carbonyl (C=O) groups excluding carboxylic acids is 1. The molecule has 7 heteroatoms. The van der Waals surface area contributed by atoms with Gasteiger partial charge >= 0.3 is 0 Å². The van der Waals surface area contributed by atoms with Crippen molar-refractivity contribution in [3.63, 3.8) is 0 Å². The quantitative estimate of drug-likeness (QED) is 0.422. The van der Waals surface area contributed by atoms with Gasteiger partial charge in [0.2, 0.25) is 5.13 Å². The smallest absolute Gasteiger partial charge is 0.206 e. The predicted molar refractivity (Wildman–Crippen MR) is 111 cm³/mol. The molecule has 5 nitrogen and oxygen atoms in total. The Morgan fingerprint density at radius 2 is 1.96 bits per heavy atom. The first-order chi connectivity index (χ1) is 12.8. The van der Waals surface area contributed by atoms with Crippen LogP contribution in [0.2, 0.25) is 0 Å². The minimum absolute atomic E-state index is 0.0769. The first kappa shape index (κ1) is 19.6. The van der Waals surface area contributed by atoms with E-state index in [1.54, 1.807) is 6.26 Å². The highest BCUT2D eigenvalue weighted by atomic mass is 32.2. The van der Waals surface area contributed by atoms with Gasteiger partial charge < -0.3 is 9.73 Å². The second kappa shape index (κ2) is 8.27. The van der Waals surface area contributed by atoms with Crippen molar-refractivity contribution < 1.29 is 9.21 Å². The lowest BCUT2D eigenvalue weighted by Gasteiger charge is -2.19. The summed E-state index contributed by atoms with van der Waals surface area (Å²) in [4.78, 5) is 12.7. The molecule has 0 aliphatic carbocycles. The Morgan fingerprint density at radius 3 is 2.59 bits per heavy atom. The zero-order valence-corrected chi connectivity index (χ0v) is 17.5. The minimum atomic E-state index is -0.226. The van der Waals surface area contributed by atoms with Gasteiger partial charge in [0.25, 0.3) is 0 Å². The predicted octanol–water partition coefficient (Wildman–Crippen LogP) is 5.40. The molecule has 27 heavy (non-hydrogen) atoms. The molecule has 1 N–H and O–H groups in total. The second-order valence-electron chi connectivity index (χ2n) is 7.26. The summed E-state index contributed by atoms with van der Waals surface area (Å²) in [5, 5.41) is 11.9. The molecule has 0 saturated heterocycles. The number of thioether (sulfide) groups is 1. The fraction of sp³-hybridized carbons (Fsp3) is 0.350. The zero-order chi connectivity index (χ0) is 19.4. The number of carbonyl (C=O) groups is 1. The second-order valence-corrected chi connectivity index (χ2v) is 9.82. The molecule has 0 aliphatic rings. The average molecular weight is 402 g/mol. The molecule has 3 aromatic rings. The number of hydrogen-bond donors (Lipinski definition) is 1. The molecule has 0 radical (unpaired) electrons. The molecule has 0 saturated carbocycles. The van der Waals surface area contributed by atoms with Crippen LogP contribution in [0.4, 0.5) is 5.13 Å². The van der Waals surface area contributed by atoms with Gasteiger partial charge in [0.05, 0.1) is 18.1 Å². The summed E-state index contributed by atoms with van der Waals surface area (Å²) >= 11 is 2.87. The number of rotatable bonds is 7. The molecular weight excluding hydrogens is 378 g/mol. The normalized spacial score (nSPS) is 12.7. The van der Waals surface area contributed by atoms with E-state index in [0.29, 0.717) is 11.7 Å². The SMILES string of the molecule is C[C@H](Sc1nnc(NCc2ccco2)s1)C(=O)c1ccc(C(C)(C)C)cc1. The van der Waals surface area contributed by atoms with E-state index in [4.69, 9.17) is 4.42 Å². The van der Waals surface area contributed by atoms with E-state index in [0.717, 1.165) is 15.7 Å². The third-order valence-electron chi connectivity index (χ3n) is 4.08. The van der Waals surface area contributed by atoms with Crippen LogP contribution in [0, 0.1) is 0 Å². The summed E-state index contributed by atoms with van der Waals surface area (Å²) in [5.41, 5.74) is 2.02. The van der Waals surface area contributed by atoms with E-state index < -0.39 is 0 Å². The molecule has 0 spiro atoms. The van der Waals surface area contributed by atoms with E-state index in [1.807, 2.05) is 43.3 Å². The van der Waals surface area contributed by atoms with Crippen molar-refractivity contribution in [1.82, 2.24) is 10.2 Å². The summed E-state index contributed by atoms with van der Waals surface area (Å²) in [6.07, 6.45) is 1.64. The number of hydrogen-bond acceptors (Lipinski definition) is 7. The maximum atomic E-state index is 12.7. The van der Waals surface area contributed by atoms with Crippen LogP contribution in [0.1, 0.15) is 49.4 Å². The van der Waals surface area contributed by atoms with Gasteiger partial charge in [-0.05, 0) is 30.0 Å². The molecule has 0 fully saturated rings. The highest BCUT2D eigenvalue weighted by molar-refractivity contribution is 8.02. The van der Waals surface area contributed by atoms with Gasteiger partial charge in [0.1, 0.15) is 5.76 Å². The first-order valence-corrected chi connectivity index (χ1v) is 10.4. The number of furan rings is 1. The van der Waals surface area contributed by atoms with Crippen LogP contribution in [0.5, 0.6) is 0 Å². The molecular formula is C20H23N3O2S2. The van der Waals surface area contributed by atoms with Gasteiger partial charge in [-0.3, -0.25) is 4.79 Å². The molecule has 2 aromatic heterocycles. The Balaban J connectivity index is 1.58. The number of nitrogens with one attached hydrogen (secondary N) is 1. The molecule has 142 valence electrons. The van der Waals surface area contributed by atoms with Gasteiger partial charge in [-0.15, -0.1) is 10.2 Å². The summed E-state index contributed by atoms with van der Waals surface area (Å²) in [7, 11) is 0. The largest absolute Gasteiger partial charge is 0.467 e. The summed E-state index contributed by atoms with van der Waals surface area (Å²) in [5.74, 6) is 0.933. The number of ketones is 1. The lowest BCUT2D eigenvalue weighted by molar-refractivity contribution is 0.0994. The Kier molecular flexibility index (Phi) is 6.01. The number of anilines is 1. The van der Waals surface area contributed by atoms with Crippen LogP contribution in [0.15, 0.2) is 51.4 Å². The van der Waals surface area contributed by atoms with Crippen molar-refractivity contribution >= 4 is 34.0 Å². The van der Waals surface area contributed by atoms with Crippen LogP contribution in [0.25, 0.3) is 0 Å². The summed E-state index contributed by atoms with van der Waals surface area (Å²) in [6.45, 7) is 8.95. The van der Waals surface area contributed by atoms with Gasteiger partial charge in [0, 0.05) is 5.56 Å². The Morgan fingerprint density at radius 1 is 1.22 bits per heavy atom. The molecule has 0 aliphatic heterocycles. The molecule has 0 bridgehead atoms. The monoisotopic (exact) mass is 401 g/mol. The summed E-state index contributed by atoms with van der Waals surface area (Å²) < 4.78 is 6.05. The lowest BCUT2D eigenvalue weighted by Crippen LogP contribution is -2.15. The van der Waals surface area contributed by atoms with Crippen LogP contribution in [0.3, 0.4) is 0 Å². The van der Waals surface area contributed by atoms with Gasteiger partial charge in [0.15, 0.2) is 10.1 Å². The van der Waals surface area contributed by atoms with Gasteiger partial charge in [-0.1, -0.05) is 68.1 Å². The molecule has 2 heterocycles. The zero-order valence-electron chi connectivity index (χ0n) is 15.9. The third-order valence-corrected chi connectivity index (χ3v) is 6.15. The number of nitrogens with zero attached hydrogens (tertiary/aromatic N) is 2. The highest BCUT2D eigenvalue weighted by Crippen LogP contribution is 2.31. The Hall–Kier alpha value is -2.12. The van der Waals surface area contributed by atoms with Crippen molar-refractivity contribution in [2.75, 3.05) is 5.32 Å². The van der Waals surface area contributed by atoms with Crippen LogP contribution >= 0.6 is 23.1 Å². The fourth-order valence-electron chi connectivity index (χ4n) is 2.48. The minimum Gasteiger partial charge on any atom is -0.467 e. The molecule has 1 aromatic carbocycles. The lowest BCUT2D eigenvalue weighted by atomic mass is 9.86. The van der Waals surface area contributed by atoms with Crippen molar-refractivity contribution in [2.24, 2.45) is 0 Å². The summed E-state index contributed by atoms with van der Waals surface area (Å²) in [6, 6.07) is 11.6. The maximum Gasteiger partial charge on any atom is 0.206 e. The fourth-order valence-corrected chi connectivity index (χ4v) is 4.45. The highest BCUT2D eigenvalue weighted by Gasteiger charge is 2.20. The van der Waals surface area contributed by atoms with Crippen molar-refractivity contribution in [2.45, 2.75) is 49.2 Å². The van der Waals surface area contributed by atoms with E-state index in [2.05, 4.69) is 36.3 Å². The van der Waals surface area contributed by atoms with E-state index in [1.165, 1.54) is 28.7 Å². The topological polar surface area (TPSA) is 68.0 Å². The van der Waals surface area contributed by atoms with Crippen molar-refractivity contribution in [1.29, 1.82) is 0 Å². The Bertz CT molecular complexity index is 881. The number of benzene rings is 1. The van der Waals surface area contributed by atoms with Crippen LogP contribution in [-0.2, 0) is 12.0 Å². The van der Waals surface area contributed by atoms with Crippen molar-refractivity contribution in [3.05, 3.63) is 59.5 Å². The Labute approximate surface area is 167 Å². The van der Waals surface area contributed by atoms with Crippen LogP contribution < -0.4 is 5.32 Å². The van der Waals surface area contributed by atoms with Crippen molar-refractivity contribution in [3.8, 4) is 0 Å². The third kappa shape index (κ3) is 5.20. The molecule has 3 rings (SSSR count). The first-order valence-electron chi connectivity index (χ1n) is 8.74. The molecule has 1 atom stereocenters. The van der Waals surface area contributed by atoms with E-state index in [9.17, 15) is 4.79 Å². The standard InChI is InChI=1S/C20H23N3O2S2/c1-13(17(24)14-7-9-15(10-8-14)20(2,3)4)26-19-23-22-18(27-19)21-12-16-6-5-11-25-16/h5-11,13H,12H2,1-4H3,(H,21,22)/t13-/m0/s1. The molecule has 0 amide bonds. The van der Waals surface area contributed by atoms with E-state index in [-0.39, 0.29) is 16.4 Å². The number of Topliss-reactive ketones (excluding diaryl/α,β-unsaturated/α-hetero) is 1. The van der Waals surface area contributed by atoms with Gasteiger partial charge in [-0.2, -0.15) is 0 Å². The average Bonchev–Trinajstić information content (AvgIpc) is 3.30. The maximum absolute atomic E-state index is 12.7. The van der Waals surface area contributed by atoms with Crippen LogP contribution in [-0.4, -0.2) is 21.2 Å². The number of aromatic nitrogens is 2. The molecule has 0 unspecified atom stereocenters.